The SMILES string of the molecule is Cc1cc2c(c(C)c1C)C(C)c1c3c(c4ccccc4c1-2)C(C)C(C)C(C)[C]3(C)[Zr+2]([C]1=CC(C23CC4CC(CC(C4)C2)C3)=CC1C)=[C]1CCCCC1.[Cl-].[Cl-]. The summed E-state index contributed by atoms with van der Waals surface area (Å²) in [5.74, 6) is 5.96. The minimum absolute atomic E-state index is 0. The number of allylic oxidation sites excluding steroid dienone is 4. The molecule has 5 saturated carbocycles. The van der Waals surface area contributed by atoms with Gasteiger partial charge in [0.25, 0.3) is 0 Å². The molecule has 6 unspecified atom stereocenters. The van der Waals surface area contributed by atoms with Crippen LogP contribution in [0.3, 0.4) is 0 Å². The van der Waals surface area contributed by atoms with Gasteiger partial charge in [0.05, 0.1) is 0 Å². The molecule has 6 atom stereocenters. The molecule has 54 heavy (non-hydrogen) atoms. The van der Waals surface area contributed by atoms with Crippen molar-refractivity contribution in [3.8, 4) is 11.1 Å². The van der Waals surface area contributed by atoms with Gasteiger partial charge in [0.15, 0.2) is 0 Å². The van der Waals surface area contributed by atoms with Crippen molar-refractivity contribution in [3.63, 3.8) is 0 Å². The van der Waals surface area contributed by atoms with Crippen LogP contribution in [-0.2, 0) is 24.4 Å². The molecule has 0 radical (unpaired) electrons. The van der Waals surface area contributed by atoms with Crippen LogP contribution in [0.15, 0.2) is 51.3 Å². The van der Waals surface area contributed by atoms with Crippen LogP contribution in [0.1, 0.15) is 163 Å². The fraction of sp³-hybridized carbons (Fsp3) is 0.588. The summed E-state index contributed by atoms with van der Waals surface area (Å²) in [5.41, 5.74) is 17.0. The zero-order valence-corrected chi connectivity index (χ0v) is 38.7. The van der Waals surface area contributed by atoms with E-state index in [1.807, 2.05) is 14.4 Å². The molecule has 0 spiro atoms. The number of benzene rings is 3. The third-order valence-electron chi connectivity index (χ3n) is 17.6. The smallest absolute Gasteiger partial charge is 1.00 e. The Morgan fingerprint density at radius 3 is 1.96 bits per heavy atom. The first-order valence-corrected chi connectivity index (χ1v) is 25.5. The summed E-state index contributed by atoms with van der Waals surface area (Å²) in [4.78, 5) is 0. The number of aryl methyl sites for hydroxylation is 1. The zero-order chi connectivity index (χ0) is 36.0. The topological polar surface area (TPSA) is 0 Å². The normalized spacial score (nSPS) is 35.7. The molecule has 11 rings (SSSR count). The predicted molar refractivity (Wildman–Crippen MR) is 219 cm³/mol. The first-order valence-electron chi connectivity index (χ1n) is 21.8. The van der Waals surface area contributed by atoms with Gasteiger partial charge < -0.3 is 24.8 Å². The number of fused-ring (bicyclic) bond motifs is 8. The summed E-state index contributed by atoms with van der Waals surface area (Å²) in [6.07, 6.45) is 22.1. The van der Waals surface area contributed by atoms with Gasteiger partial charge in [-0.05, 0) is 0 Å². The first-order chi connectivity index (χ1) is 24.9. The van der Waals surface area contributed by atoms with Gasteiger partial charge in [-0.15, -0.1) is 0 Å². The minimum Gasteiger partial charge on any atom is -1.00 e. The van der Waals surface area contributed by atoms with Crippen LogP contribution in [0.25, 0.3) is 21.9 Å². The van der Waals surface area contributed by atoms with E-state index in [0.29, 0.717) is 35.0 Å². The van der Waals surface area contributed by atoms with Gasteiger partial charge in [0.1, 0.15) is 0 Å². The molecule has 5 fully saturated rings. The molecule has 0 nitrogen and oxygen atoms in total. The maximum atomic E-state index is 2.99. The van der Waals surface area contributed by atoms with Gasteiger partial charge in [0.2, 0.25) is 0 Å². The van der Waals surface area contributed by atoms with E-state index < -0.39 is 21.3 Å². The zero-order valence-electron chi connectivity index (χ0n) is 34.7. The van der Waals surface area contributed by atoms with Crippen molar-refractivity contribution in [1.29, 1.82) is 0 Å². The van der Waals surface area contributed by atoms with Gasteiger partial charge in [-0.25, -0.2) is 0 Å². The number of hydrogen-bond acceptors (Lipinski definition) is 0. The maximum absolute atomic E-state index is 2.99. The number of hydrogen-bond donors (Lipinski definition) is 0. The number of halogens is 2. The molecule has 0 N–H and O–H groups in total. The molecule has 0 aliphatic heterocycles. The van der Waals surface area contributed by atoms with Crippen LogP contribution in [0, 0.1) is 61.7 Å². The van der Waals surface area contributed by atoms with Crippen LogP contribution in [0.4, 0.5) is 0 Å². The summed E-state index contributed by atoms with van der Waals surface area (Å²) in [5, 5.41) is 3.09. The van der Waals surface area contributed by atoms with Gasteiger partial charge >= 0.3 is 325 Å². The predicted octanol–water partition coefficient (Wildman–Crippen LogP) is 7.94. The van der Waals surface area contributed by atoms with Crippen molar-refractivity contribution >= 4 is 14.0 Å². The molecule has 8 aliphatic rings. The quantitative estimate of drug-likeness (QED) is 0.252. The van der Waals surface area contributed by atoms with Gasteiger partial charge in [0, 0.05) is 0 Å². The maximum Gasteiger partial charge on any atom is -1.00 e. The number of rotatable bonds is 3. The Morgan fingerprint density at radius 2 is 1.33 bits per heavy atom. The van der Waals surface area contributed by atoms with Crippen molar-refractivity contribution < 1.29 is 46.1 Å². The third kappa shape index (κ3) is 5.38. The van der Waals surface area contributed by atoms with Gasteiger partial charge in [-0.3, -0.25) is 0 Å². The van der Waals surface area contributed by atoms with E-state index in [-0.39, 0.29) is 27.9 Å². The fourth-order valence-corrected chi connectivity index (χ4v) is 26.4. The van der Waals surface area contributed by atoms with E-state index in [4.69, 9.17) is 0 Å². The molecular weight excluding hydrogens is 775 g/mol. The second-order valence-corrected chi connectivity index (χ2v) is 27.7. The molecule has 3 aromatic rings. The molecule has 0 amide bonds. The van der Waals surface area contributed by atoms with Crippen LogP contribution < -0.4 is 24.8 Å². The van der Waals surface area contributed by atoms with Crippen molar-refractivity contribution in [3.05, 3.63) is 90.3 Å². The van der Waals surface area contributed by atoms with E-state index in [1.54, 1.807) is 38.8 Å². The molecule has 8 aliphatic carbocycles. The minimum atomic E-state index is -2.57. The molecule has 0 aromatic heterocycles. The Morgan fingerprint density at radius 1 is 0.722 bits per heavy atom. The summed E-state index contributed by atoms with van der Waals surface area (Å²) >= 11 is -2.57. The standard InChI is InChI=1S/C29H33.C16H21.C6H10.2ClH.Zr/c1-14-13-24-25(18(5)15(14)2)21(8)28-27-20(7)17(4)16(3)19(6)26(27)22-11-9-10-12-23(22)29(24)28;1-11-2-3-15(4-11)16-8-12-5-13(9-16)7-14(6-12)10-16;1-2-4-6-5-3-1;;;/h9-13,16-17,19,21H,1-8H3;3-4,11-14H,5-10H2,1H3;1-5H2;2*1H;/q;;;;;+2/p-2. The molecule has 0 heterocycles. The molecule has 4 bridgehead atoms. The van der Waals surface area contributed by atoms with E-state index in [2.05, 4.69) is 108 Å². The Hall–Kier alpha value is -1.27. The molecule has 3 aromatic carbocycles. The van der Waals surface area contributed by atoms with E-state index in [9.17, 15) is 0 Å². The van der Waals surface area contributed by atoms with Crippen molar-refractivity contribution in [2.75, 3.05) is 0 Å². The van der Waals surface area contributed by atoms with Gasteiger partial charge in [-0.1, -0.05) is 0 Å². The summed E-state index contributed by atoms with van der Waals surface area (Å²) in [6, 6.07) is 12.3. The Bertz CT molecular complexity index is 2100. The van der Waals surface area contributed by atoms with Gasteiger partial charge in [-0.2, -0.15) is 0 Å². The average molecular weight is 839 g/mol. The van der Waals surface area contributed by atoms with E-state index in [1.165, 1.54) is 87.1 Å². The first kappa shape index (κ1) is 39.6. The molecule has 0 saturated heterocycles. The van der Waals surface area contributed by atoms with Crippen molar-refractivity contribution in [1.82, 2.24) is 0 Å². The Labute approximate surface area is 347 Å². The monoisotopic (exact) mass is 836 g/mol. The average Bonchev–Trinajstić information content (AvgIpc) is 3.65. The second-order valence-electron chi connectivity index (χ2n) is 20.1. The summed E-state index contributed by atoms with van der Waals surface area (Å²) in [7, 11) is 0. The summed E-state index contributed by atoms with van der Waals surface area (Å²) < 4.78 is 4.32. The van der Waals surface area contributed by atoms with Crippen LogP contribution >= 0.6 is 0 Å². The Balaban J connectivity index is 0.00000207. The molecule has 3 heteroatoms. The molecule has 286 valence electrons. The van der Waals surface area contributed by atoms with Crippen molar-refractivity contribution in [2.24, 2.45) is 40.9 Å². The van der Waals surface area contributed by atoms with Crippen LogP contribution in [0.5, 0.6) is 0 Å². The van der Waals surface area contributed by atoms with E-state index >= 15 is 0 Å². The third-order valence-corrected chi connectivity index (χ3v) is 27.7. The Kier molecular flexibility index (Phi) is 10.2. The largest absolute Gasteiger partial charge is 1.00 e. The van der Waals surface area contributed by atoms with Crippen LogP contribution in [-0.4, -0.2) is 3.21 Å². The van der Waals surface area contributed by atoms with Crippen molar-refractivity contribution in [2.45, 2.75) is 148 Å². The van der Waals surface area contributed by atoms with Crippen LogP contribution in [0.2, 0.25) is 0 Å². The summed E-state index contributed by atoms with van der Waals surface area (Å²) in [6.45, 7) is 23.4. The molecular formula is C51H64Cl2Zr. The fourth-order valence-electron chi connectivity index (χ4n) is 15.0. The van der Waals surface area contributed by atoms with E-state index in [0.717, 1.165) is 17.8 Å². The second kappa shape index (κ2) is 13.9.